The molecule has 2 atom stereocenters. The first-order valence-electron chi connectivity index (χ1n) is 12.3. The molecule has 37 heavy (non-hydrogen) atoms. The minimum Gasteiger partial charge on any atom is -0.376 e. The molecule has 0 unspecified atom stereocenters. The maximum absolute atomic E-state index is 13.7. The fourth-order valence-corrected chi connectivity index (χ4v) is 4.49. The Bertz CT molecular complexity index is 1190. The van der Waals surface area contributed by atoms with Gasteiger partial charge in [0.05, 0.1) is 6.10 Å². The van der Waals surface area contributed by atoms with Crippen LogP contribution in [0.15, 0.2) is 48.5 Å². The van der Waals surface area contributed by atoms with E-state index in [2.05, 4.69) is 20.7 Å². The number of halogens is 2. The fourth-order valence-electron chi connectivity index (χ4n) is 4.24. The van der Waals surface area contributed by atoms with E-state index >= 15 is 0 Å². The summed E-state index contributed by atoms with van der Waals surface area (Å²) < 4.78 is 5.65. The number of tetrazole rings is 1. The van der Waals surface area contributed by atoms with Crippen molar-refractivity contribution in [2.45, 2.75) is 51.8 Å². The molecule has 0 spiro atoms. The lowest BCUT2D eigenvalue weighted by Gasteiger charge is -2.32. The van der Waals surface area contributed by atoms with Gasteiger partial charge in [-0.2, -0.15) is 4.80 Å². The van der Waals surface area contributed by atoms with Crippen LogP contribution in [0, 0.1) is 5.92 Å². The maximum atomic E-state index is 13.7. The summed E-state index contributed by atoms with van der Waals surface area (Å²) in [5.74, 6) is -0.0566. The van der Waals surface area contributed by atoms with E-state index in [4.69, 9.17) is 27.9 Å². The van der Waals surface area contributed by atoms with Crippen molar-refractivity contribution >= 4 is 40.7 Å². The van der Waals surface area contributed by atoms with Crippen LogP contribution in [0.25, 0.3) is 11.4 Å². The minimum absolute atomic E-state index is 0.00558. The maximum Gasteiger partial charge on any atom is 0.251 e. The van der Waals surface area contributed by atoms with Gasteiger partial charge in [-0.25, -0.2) is 0 Å². The molecule has 1 aromatic heterocycles. The first-order chi connectivity index (χ1) is 17.8. The third kappa shape index (κ3) is 7.28. The third-order valence-corrected chi connectivity index (χ3v) is 6.55. The molecular formula is C26H30Cl2N6O3. The van der Waals surface area contributed by atoms with Gasteiger partial charge < -0.3 is 10.1 Å². The average molecular weight is 545 g/mol. The highest BCUT2D eigenvalue weighted by Gasteiger charge is 2.33. The molecular weight excluding hydrogens is 515 g/mol. The first kappa shape index (κ1) is 27.0. The highest BCUT2D eigenvalue weighted by molar-refractivity contribution is 6.31. The number of hydrogen-bond acceptors (Lipinski definition) is 6. The molecule has 9 nitrogen and oxygen atoms in total. The van der Waals surface area contributed by atoms with Gasteiger partial charge in [-0.3, -0.25) is 14.5 Å². The predicted octanol–water partition coefficient (Wildman–Crippen LogP) is 4.39. The molecule has 3 aromatic rings. The summed E-state index contributed by atoms with van der Waals surface area (Å²) in [4.78, 5) is 29.9. The van der Waals surface area contributed by atoms with Gasteiger partial charge in [0.25, 0.3) is 5.91 Å². The number of anilines is 1. The Morgan fingerprint density at radius 2 is 1.78 bits per heavy atom. The molecule has 0 aliphatic carbocycles. The van der Waals surface area contributed by atoms with Gasteiger partial charge in [0.1, 0.15) is 12.6 Å². The zero-order chi connectivity index (χ0) is 26.4. The number of nitrogens with one attached hydrogen (secondary N) is 1. The zero-order valence-electron chi connectivity index (χ0n) is 20.8. The Labute approximate surface area is 226 Å². The van der Waals surface area contributed by atoms with Crippen molar-refractivity contribution in [1.29, 1.82) is 0 Å². The van der Waals surface area contributed by atoms with Crippen molar-refractivity contribution in [3.63, 3.8) is 0 Å². The lowest BCUT2D eigenvalue weighted by molar-refractivity contribution is -0.127. The summed E-state index contributed by atoms with van der Waals surface area (Å²) >= 11 is 12.1. The van der Waals surface area contributed by atoms with Gasteiger partial charge in [-0.05, 0) is 78.9 Å². The second-order valence-electron chi connectivity index (χ2n) is 9.42. The van der Waals surface area contributed by atoms with E-state index in [-0.39, 0.29) is 30.4 Å². The van der Waals surface area contributed by atoms with Crippen LogP contribution in [0.4, 0.5) is 5.69 Å². The van der Waals surface area contributed by atoms with Crippen molar-refractivity contribution in [2.75, 3.05) is 18.1 Å². The Morgan fingerprint density at radius 1 is 1.11 bits per heavy atom. The number of nitrogens with zero attached hydrogens (tertiary/aromatic N) is 5. The standard InChI is InChI=1S/C26H30Cl2N6O3/c1-17(2)14-23(26(36)29-15-22-4-3-13-37-22)34(21-11-9-20(28)10-12-21)24(35)16-33-31-25(30-32-33)18-5-7-19(27)8-6-18/h5-12,17,22-23H,3-4,13-16H2,1-2H3,(H,29,36)/t22-,23+/m0/s1. The highest BCUT2D eigenvalue weighted by Crippen LogP contribution is 2.25. The van der Waals surface area contributed by atoms with Crippen LogP contribution in [-0.4, -0.2) is 57.3 Å². The Morgan fingerprint density at radius 3 is 2.41 bits per heavy atom. The molecule has 1 saturated heterocycles. The van der Waals surface area contributed by atoms with Gasteiger partial charge >= 0.3 is 0 Å². The van der Waals surface area contributed by atoms with Crippen LogP contribution >= 0.6 is 23.2 Å². The van der Waals surface area contributed by atoms with Crippen molar-refractivity contribution in [3.8, 4) is 11.4 Å². The van der Waals surface area contributed by atoms with E-state index in [1.54, 1.807) is 48.5 Å². The number of carbonyl (C=O) groups excluding carboxylic acids is 2. The smallest absolute Gasteiger partial charge is 0.251 e. The predicted molar refractivity (Wildman–Crippen MR) is 142 cm³/mol. The van der Waals surface area contributed by atoms with E-state index in [9.17, 15) is 9.59 Å². The molecule has 1 N–H and O–H groups in total. The van der Waals surface area contributed by atoms with Gasteiger partial charge in [0.15, 0.2) is 0 Å². The zero-order valence-corrected chi connectivity index (χ0v) is 22.3. The van der Waals surface area contributed by atoms with Crippen molar-refractivity contribution < 1.29 is 14.3 Å². The summed E-state index contributed by atoms with van der Waals surface area (Å²) in [6.45, 7) is 4.95. The molecule has 2 aromatic carbocycles. The van der Waals surface area contributed by atoms with Gasteiger partial charge in [0.2, 0.25) is 11.7 Å². The number of amides is 2. The third-order valence-electron chi connectivity index (χ3n) is 6.04. The average Bonchev–Trinajstić information content (AvgIpc) is 3.56. The number of carbonyl (C=O) groups is 2. The quantitative estimate of drug-likeness (QED) is 0.406. The summed E-state index contributed by atoms with van der Waals surface area (Å²) in [7, 11) is 0. The second kappa shape index (κ2) is 12.5. The lowest BCUT2D eigenvalue weighted by Crippen LogP contribution is -2.52. The number of hydrogen-bond donors (Lipinski definition) is 1. The minimum atomic E-state index is -0.741. The Hall–Kier alpha value is -3.01. The highest BCUT2D eigenvalue weighted by atomic mass is 35.5. The van der Waals surface area contributed by atoms with E-state index in [1.165, 1.54) is 9.70 Å². The largest absolute Gasteiger partial charge is 0.376 e. The number of rotatable bonds is 10. The van der Waals surface area contributed by atoms with Crippen LogP contribution < -0.4 is 10.2 Å². The monoisotopic (exact) mass is 544 g/mol. The molecule has 11 heteroatoms. The van der Waals surface area contributed by atoms with Crippen LogP contribution in [-0.2, 0) is 20.9 Å². The summed E-state index contributed by atoms with van der Waals surface area (Å²) in [6.07, 6.45) is 2.35. The number of aromatic nitrogens is 4. The van der Waals surface area contributed by atoms with Crippen LogP contribution in [0.5, 0.6) is 0 Å². The molecule has 2 heterocycles. The fraction of sp³-hybridized carbons (Fsp3) is 0.423. The molecule has 1 fully saturated rings. The van der Waals surface area contributed by atoms with Gasteiger partial charge in [0, 0.05) is 34.4 Å². The number of ether oxygens (including phenoxy) is 1. The van der Waals surface area contributed by atoms with Gasteiger partial charge in [-0.15, -0.1) is 10.2 Å². The molecule has 1 aliphatic heterocycles. The Kier molecular flexibility index (Phi) is 9.13. The lowest BCUT2D eigenvalue weighted by atomic mass is 10.0. The van der Waals surface area contributed by atoms with Gasteiger partial charge in [-0.1, -0.05) is 37.0 Å². The van der Waals surface area contributed by atoms with E-state index < -0.39 is 6.04 Å². The molecule has 0 bridgehead atoms. The van der Waals surface area contributed by atoms with E-state index in [0.29, 0.717) is 41.1 Å². The van der Waals surface area contributed by atoms with Crippen molar-refractivity contribution in [1.82, 2.24) is 25.5 Å². The van der Waals surface area contributed by atoms with Crippen molar-refractivity contribution in [2.24, 2.45) is 5.92 Å². The Balaban J connectivity index is 1.58. The molecule has 1 aliphatic rings. The topological polar surface area (TPSA) is 102 Å². The molecule has 196 valence electrons. The second-order valence-corrected chi connectivity index (χ2v) is 10.3. The molecule has 4 rings (SSSR count). The summed E-state index contributed by atoms with van der Waals surface area (Å²) in [5.41, 5.74) is 1.29. The summed E-state index contributed by atoms with van der Waals surface area (Å²) in [6, 6.07) is 13.1. The first-order valence-corrected chi connectivity index (χ1v) is 13.1. The van der Waals surface area contributed by atoms with Crippen LogP contribution in [0.1, 0.15) is 33.1 Å². The van der Waals surface area contributed by atoms with E-state index in [0.717, 1.165) is 18.4 Å². The molecule has 0 radical (unpaired) electrons. The summed E-state index contributed by atoms with van der Waals surface area (Å²) in [5, 5.41) is 16.6. The van der Waals surface area contributed by atoms with Crippen molar-refractivity contribution in [3.05, 3.63) is 58.6 Å². The normalized spacial score (nSPS) is 16.1. The van der Waals surface area contributed by atoms with E-state index in [1.807, 2.05) is 13.8 Å². The molecule has 0 saturated carbocycles. The SMILES string of the molecule is CC(C)C[C@H](C(=O)NC[C@@H]1CCCO1)N(C(=O)Cn1nnc(-c2ccc(Cl)cc2)n1)c1ccc(Cl)cc1. The molecule has 2 amide bonds. The number of benzene rings is 2. The van der Waals surface area contributed by atoms with Crippen LogP contribution in [0.3, 0.4) is 0 Å². The van der Waals surface area contributed by atoms with Crippen LogP contribution in [0.2, 0.25) is 10.0 Å².